The summed E-state index contributed by atoms with van der Waals surface area (Å²) in [5.74, 6) is 0.322. The summed E-state index contributed by atoms with van der Waals surface area (Å²) in [6, 6.07) is 10.7. The van der Waals surface area contributed by atoms with Crippen molar-refractivity contribution >= 4 is 30.7 Å². The van der Waals surface area contributed by atoms with Crippen LogP contribution in [-0.4, -0.2) is 61.0 Å². The quantitative estimate of drug-likeness (QED) is 0.879. The van der Waals surface area contributed by atoms with E-state index in [0.29, 0.717) is 5.91 Å². The highest BCUT2D eigenvalue weighted by molar-refractivity contribution is 5.85. The average Bonchev–Trinajstić information content (AvgIpc) is 2.61. The van der Waals surface area contributed by atoms with Gasteiger partial charge in [-0.15, -0.1) is 24.8 Å². The third-order valence-electron chi connectivity index (χ3n) is 4.85. The Morgan fingerprint density at radius 2 is 1.75 bits per heavy atom. The number of hydrogen-bond donors (Lipinski definition) is 1. The predicted octanol–water partition coefficient (Wildman–Crippen LogP) is 2.36. The van der Waals surface area contributed by atoms with Gasteiger partial charge in [0.2, 0.25) is 5.91 Å². The lowest BCUT2D eigenvalue weighted by molar-refractivity contribution is -0.135. The monoisotopic (exact) mass is 373 g/mol. The molecule has 1 N–H and O–H groups in total. The maximum atomic E-state index is 12.5. The summed E-state index contributed by atoms with van der Waals surface area (Å²) in [5, 5.41) is 3.37. The fraction of sp³-hybridized carbons (Fsp3) is 0.611. The summed E-state index contributed by atoms with van der Waals surface area (Å²) in [7, 11) is 0. The number of carbonyl (C=O) groups excluding carboxylic acids is 1. The van der Waals surface area contributed by atoms with E-state index in [1.807, 2.05) is 0 Å². The van der Waals surface area contributed by atoms with Crippen molar-refractivity contribution in [2.75, 3.05) is 39.3 Å². The molecule has 0 radical (unpaired) electrons. The van der Waals surface area contributed by atoms with Gasteiger partial charge in [0.1, 0.15) is 0 Å². The van der Waals surface area contributed by atoms with Crippen LogP contribution in [0.25, 0.3) is 0 Å². The molecule has 1 atom stereocenters. The molecular weight excluding hydrogens is 345 g/mol. The Balaban J connectivity index is 0.00000144. The summed E-state index contributed by atoms with van der Waals surface area (Å²) in [5.41, 5.74) is 1.40. The van der Waals surface area contributed by atoms with Crippen molar-refractivity contribution in [1.29, 1.82) is 0 Å². The van der Waals surface area contributed by atoms with E-state index in [9.17, 15) is 4.79 Å². The third kappa shape index (κ3) is 5.92. The molecule has 24 heavy (non-hydrogen) atoms. The smallest absolute Gasteiger partial charge is 0.239 e. The van der Waals surface area contributed by atoms with Crippen LogP contribution in [0.1, 0.15) is 24.8 Å². The normalized spacial score (nSPS) is 21.5. The highest BCUT2D eigenvalue weighted by Crippen LogP contribution is 2.12. The van der Waals surface area contributed by atoms with Crippen molar-refractivity contribution in [2.24, 2.45) is 0 Å². The fourth-order valence-electron chi connectivity index (χ4n) is 3.41. The first-order chi connectivity index (χ1) is 10.8. The summed E-state index contributed by atoms with van der Waals surface area (Å²) >= 11 is 0. The molecule has 1 aromatic carbocycles. The van der Waals surface area contributed by atoms with Gasteiger partial charge in [0.15, 0.2) is 0 Å². The van der Waals surface area contributed by atoms with Gasteiger partial charge < -0.3 is 10.2 Å². The Morgan fingerprint density at radius 1 is 1.04 bits per heavy atom. The summed E-state index contributed by atoms with van der Waals surface area (Å²) in [4.78, 5) is 17.0. The summed E-state index contributed by atoms with van der Waals surface area (Å²) in [6.45, 7) is 5.86. The van der Waals surface area contributed by atoms with E-state index in [2.05, 4.69) is 45.4 Å². The second-order valence-electron chi connectivity index (χ2n) is 6.41. The fourth-order valence-corrected chi connectivity index (χ4v) is 3.41. The molecule has 4 nitrogen and oxygen atoms in total. The molecule has 2 saturated heterocycles. The first kappa shape index (κ1) is 21.2. The van der Waals surface area contributed by atoms with E-state index in [-0.39, 0.29) is 30.9 Å². The number of nitrogens with zero attached hydrogens (tertiary/aromatic N) is 2. The van der Waals surface area contributed by atoms with E-state index < -0.39 is 0 Å². The molecule has 0 spiro atoms. The van der Waals surface area contributed by atoms with E-state index >= 15 is 0 Å². The van der Waals surface area contributed by atoms with Gasteiger partial charge in [-0.2, -0.15) is 0 Å². The Labute approximate surface area is 157 Å². The van der Waals surface area contributed by atoms with E-state index in [1.54, 1.807) is 0 Å². The molecule has 0 aliphatic carbocycles. The molecule has 0 saturated carbocycles. The SMILES string of the molecule is Cl.Cl.O=C(C1CCCCN1)N1CCN(CCc2ccccc2)CC1. The molecule has 3 rings (SSSR count). The van der Waals surface area contributed by atoms with Crippen molar-refractivity contribution in [3.05, 3.63) is 35.9 Å². The molecule has 2 heterocycles. The first-order valence-corrected chi connectivity index (χ1v) is 8.61. The number of amides is 1. The standard InChI is InChI=1S/C18H27N3O.2ClH/c22-18(17-8-4-5-10-19-17)21-14-12-20(13-15-21)11-9-16-6-2-1-3-7-16;;/h1-3,6-7,17,19H,4-5,8-15H2;2*1H. The van der Waals surface area contributed by atoms with Crippen molar-refractivity contribution < 1.29 is 4.79 Å². The molecule has 1 aromatic rings. The van der Waals surface area contributed by atoms with Crippen LogP contribution in [0.4, 0.5) is 0 Å². The maximum absolute atomic E-state index is 12.5. The zero-order chi connectivity index (χ0) is 15.2. The predicted molar refractivity (Wildman–Crippen MR) is 103 cm³/mol. The average molecular weight is 374 g/mol. The summed E-state index contributed by atoms with van der Waals surface area (Å²) in [6.07, 6.45) is 4.49. The highest BCUT2D eigenvalue weighted by atomic mass is 35.5. The van der Waals surface area contributed by atoms with E-state index in [4.69, 9.17) is 0 Å². The molecule has 6 heteroatoms. The Morgan fingerprint density at radius 3 is 2.38 bits per heavy atom. The Bertz CT molecular complexity index is 472. The molecule has 0 bridgehead atoms. The molecule has 2 aliphatic heterocycles. The molecule has 2 fully saturated rings. The van der Waals surface area contributed by atoms with Crippen LogP contribution in [0.3, 0.4) is 0 Å². The number of halogens is 2. The number of nitrogens with one attached hydrogen (secondary N) is 1. The molecular formula is C18H29Cl2N3O. The Kier molecular flexibility index (Phi) is 9.67. The minimum absolute atomic E-state index is 0. The second-order valence-corrected chi connectivity index (χ2v) is 6.41. The second kappa shape index (κ2) is 10.9. The minimum atomic E-state index is 0. The van der Waals surface area contributed by atoms with Gasteiger partial charge in [-0.25, -0.2) is 0 Å². The topological polar surface area (TPSA) is 35.6 Å². The van der Waals surface area contributed by atoms with Crippen LogP contribution in [0, 0.1) is 0 Å². The number of piperazine rings is 1. The van der Waals surface area contributed by atoms with Gasteiger partial charge >= 0.3 is 0 Å². The van der Waals surface area contributed by atoms with Crippen molar-refractivity contribution in [1.82, 2.24) is 15.1 Å². The largest absolute Gasteiger partial charge is 0.339 e. The number of hydrogen-bond acceptors (Lipinski definition) is 3. The number of carbonyl (C=O) groups is 1. The number of rotatable bonds is 4. The van der Waals surface area contributed by atoms with Crippen LogP contribution in [-0.2, 0) is 11.2 Å². The maximum Gasteiger partial charge on any atom is 0.239 e. The molecule has 0 aromatic heterocycles. The van der Waals surface area contributed by atoms with Gasteiger partial charge in [-0.1, -0.05) is 36.8 Å². The van der Waals surface area contributed by atoms with E-state index in [0.717, 1.165) is 52.1 Å². The van der Waals surface area contributed by atoms with Crippen LogP contribution in [0.5, 0.6) is 0 Å². The van der Waals surface area contributed by atoms with Crippen molar-refractivity contribution in [3.63, 3.8) is 0 Å². The van der Waals surface area contributed by atoms with Gasteiger partial charge in [0, 0.05) is 32.7 Å². The molecule has 1 amide bonds. The lowest BCUT2D eigenvalue weighted by Gasteiger charge is -2.37. The van der Waals surface area contributed by atoms with Gasteiger partial charge in [0.05, 0.1) is 6.04 Å². The van der Waals surface area contributed by atoms with E-state index in [1.165, 1.54) is 18.4 Å². The highest BCUT2D eigenvalue weighted by Gasteiger charge is 2.27. The summed E-state index contributed by atoms with van der Waals surface area (Å²) < 4.78 is 0. The Hall–Kier alpha value is -0.810. The minimum Gasteiger partial charge on any atom is -0.339 e. The lowest BCUT2D eigenvalue weighted by atomic mass is 10.0. The zero-order valence-corrected chi connectivity index (χ0v) is 15.8. The zero-order valence-electron chi connectivity index (χ0n) is 14.2. The van der Waals surface area contributed by atoms with Gasteiger partial charge in [-0.05, 0) is 31.4 Å². The van der Waals surface area contributed by atoms with Crippen LogP contribution >= 0.6 is 24.8 Å². The van der Waals surface area contributed by atoms with Gasteiger partial charge in [0.25, 0.3) is 0 Å². The molecule has 1 unspecified atom stereocenters. The van der Waals surface area contributed by atoms with Crippen LogP contribution in [0.2, 0.25) is 0 Å². The third-order valence-corrected chi connectivity index (χ3v) is 4.85. The van der Waals surface area contributed by atoms with Crippen LogP contribution in [0.15, 0.2) is 30.3 Å². The lowest BCUT2D eigenvalue weighted by Crippen LogP contribution is -2.55. The van der Waals surface area contributed by atoms with Gasteiger partial charge in [-0.3, -0.25) is 9.69 Å². The van der Waals surface area contributed by atoms with Crippen LogP contribution < -0.4 is 5.32 Å². The first-order valence-electron chi connectivity index (χ1n) is 8.61. The van der Waals surface area contributed by atoms with Crippen molar-refractivity contribution in [3.8, 4) is 0 Å². The van der Waals surface area contributed by atoms with Crippen molar-refractivity contribution in [2.45, 2.75) is 31.7 Å². The number of benzene rings is 1. The number of piperidine rings is 1. The molecule has 2 aliphatic rings. The molecule has 136 valence electrons.